The van der Waals surface area contributed by atoms with Crippen molar-refractivity contribution >= 4 is 33.2 Å². The SMILES string of the molecule is CC(C)C[C@@H](NS(=O)(=O)c1ccc(Cl)cc1Cc1ccc(N)cc1)C(N)=O. The first-order valence-corrected chi connectivity index (χ1v) is 10.4. The normalized spacial score (nSPS) is 12.9. The number of sulfonamides is 1. The summed E-state index contributed by atoms with van der Waals surface area (Å²) in [5, 5.41) is 0.424. The van der Waals surface area contributed by atoms with E-state index in [9.17, 15) is 13.2 Å². The Morgan fingerprint density at radius 1 is 1.15 bits per heavy atom. The van der Waals surface area contributed by atoms with E-state index < -0.39 is 22.0 Å². The molecule has 6 nitrogen and oxygen atoms in total. The predicted octanol–water partition coefficient (Wildman–Crippen LogP) is 2.69. The summed E-state index contributed by atoms with van der Waals surface area (Å²) >= 11 is 6.07. The van der Waals surface area contributed by atoms with E-state index in [1.54, 1.807) is 18.2 Å². The second kappa shape index (κ2) is 8.73. The van der Waals surface area contributed by atoms with Crippen molar-refractivity contribution in [3.63, 3.8) is 0 Å². The van der Waals surface area contributed by atoms with Crippen LogP contribution in [0.1, 0.15) is 31.4 Å². The third-order valence-corrected chi connectivity index (χ3v) is 5.84. The molecule has 27 heavy (non-hydrogen) atoms. The maximum atomic E-state index is 12.9. The molecule has 0 aliphatic rings. The lowest BCUT2D eigenvalue weighted by molar-refractivity contribution is -0.119. The van der Waals surface area contributed by atoms with Crippen LogP contribution in [0.5, 0.6) is 0 Å². The topological polar surface area (TPSA) is 115 Å². The lowest BCUT2D eigenvalue weighted by Gasteiger charge is -2.19. The Morgan fingerprint density at radius 3 is 2.33 bits per heavy atom. The molecule has 5 N–H and O–H groups in total. The number of anilines is 1. The highest BCUT2D eigenvalue weighted by Gasteiger charge is 2.26. The highest BCUT2D eigenvalue weighted by molar-refractivity contribution is 7.89. The van der Waals surface area contributed by atoms with Gasteiger partial charge in [-0.1, -0.05) is 37.6 Å². The third kappa shape index (κ3) is 5.95. The molecule has 1 atom stereocenters. The van der Waals surface area contributed by atoms with E-state index in [4.69, 9.17) is 23.1 Å². The molecule has 2 aromatic rings. The highest BCUT2D eigenvalue weighted by Crippen LogP contribution is 2.24. The van der Waals surface area contributed by atoms with Gasteiger partial charge in [0, 0.05) is 10.7 Å². The molecular weight excluding hydrogens is 386 g/mol. The number of nitrogen functional groups attached to an aromatic ring is 1. The van der Waals surface area contributed by atoms with Gasteiger partial charge < -0.3 is 11.5 Å². The van der Waals surface area contributed by atoms with Gasteiger partial charge in [-0.15, -0.1) is 0 Å². The summed E-state index contributed by atoms with van der Waals surface area (Å²) < 4.78 is 28.3. The Bertz CT molecular complexity index is 912. The average molecular weight is 410 g/mol. The quantitative estimate of drug-likeness (QED) is 0.581. The molecule has 0 aliphatic carbocycles. The van der Waals surface area contributed by atoms with E-state index in [2.05, 4.69) is 4.72 Å². The van der Waals surface area contributed by atoms with Gasteiger partial charge in [0.25, 0.3) is 0 Å². The van der Waals surface area contributed by atoms with Crippen LogP contribution < -0.4 is 16.2 Å². The van der Waals surface area contributed by atoms with Gasteiger partial charge in [-0.3, -0.25) is 4.79 Å². The summed E-state index contributed by atoms with van der Waals surface area (Å²) in [5.74, 6) is -0.606. The summed E-state index contributed by atoms with van der Waals surface area (Å²) in [6, 6.07) is 10.7. The van der Waals surface area contributed by atoms with E-state index in [1.807, 2.05) is 26.0 Å². The second-order valence-electron chi connectivity index (χ2n) is 6.88. The Balaban J connectivity index is 2.38. The molecule has 0 radical (unpaired) electrons. The highest BCUT2D eigenvalue weighted by atomic mass is 35.5. The molecule has 8 heteroatoms. The zero-order valence-electron chi connectivity index (χ0n) is 15.3. The maximum absolute atomic E-state index is 12.9. The van der Waals surface area contributed by atoms with E-state index in [1.165, 1.54) is 12.1 Å². The van der Waals surface area contributed by atoms with Gasteiger partial charge >= 0.3 is 0 Å². The molecule has 146 valence electrons. The van der Waals surface area contributed by atoms with Crippen LogP contribution >= 0.6 is 11.6 Å². The molecule has 0 saturated carbocycles. The molecule has 0 aromatic heterocycles. The summed E-state index contributed by atoms with van der Waals surface area (Å²) in [6.45, 7) is 3.78. The van der Waals surface area contributed by atoms with E-state index in [0.717, 1.165) is 5.56 Å². The number of carbonyl (C=O) groups is 1. The fourth-order valence-electron chi connectivity index (χ4n) is 2.75. The Kier molecular flexibility index (Phi) is 6.86. The fraction of sp³-hybridized carbons (Fsp3) is 0.316. The van der Waals surface area contributed by atoms with Crippen LogP contribution in [0.3, 0.4) is 0 Å². The van der Waals surface area contributed by atoms with Gasteiger partial charge in [0.2, 0.25) is 15.9 Å². The predicted molar refractivity (Wildman–Crippen MR) is 108 cm³/mol. The Morgan fingerprint density at radius 2 is 1.78 bits per heavy atom. The standard InChI is InChI=1S/C19H24ClN3O3S/c1-12(2)9-17(19(22)24)23-27(25,26)18-8-5-15(20)11-14(18)10-13-3-6-16(21)7-4-13/h3-8,11-12,17,23H,9-10,21H2,1-2H3,(H2,22,24)/t17-/m1/s1. The molecule has 2 rings (SSSR count). The van der Waals surface area contributed by atoms with Crippen molar-refractivity contribution < 1.29 is 13.2 Å². The Labute approximate surface area is 164 Å². The van der Waals surface area contributed by atoms with E-state index in [0.29, 0.717) is 29.1 Å². The zero-order chi connectivity index (χ0) is 20.2. The lowest BCUT2D eigenvalue weighted by atomic mass is 10.0. The molecule has 0 unspecified atom stereocenters. The van der Waals surface area contributed by atoms with Crippen molar-refractivity contribution in [3.05, 3.63) is 58.6 Å². The van der Waals surface area contributed by atoms with Crippen LogP contribution in [-0.2, 0) is 21.2 Å². The number of rotatable bonds is 8. The van der Waals surface area contributed by atoms with E-state index in [-0.39, 0.29) is 10.8 Å². The van der Waals surface area contributed by atoms with Gasteiger partial charge in [-0.25, -0.2) is 8.42 Å². The van der Waals surface area contributed by atoms with E-state index >= 15 is 0 Å². The summed E-state index contributed by atoms with van der Waals surface area (Å²) in [5.41, 5.74) is 13.1. The molecule has 1 amide bonds. The molecule has 0 aliphatic heterocycles. The first-order chi connectivity index (χ1) is 12.6. The number of benzene rings is 2. The molecule has 2 aromatic carbocycles. The van der Waals surface area contributed by atoms with Crippen molar-refractivity contribution in [1.82, 2.24) is 4.72 Å². The van der Waals surface area contributed by atoms with Crippen LogP contribution in [0.4, 0.5) is 5.69 Å². The molecule has 0 fully saturated rings. The van der Waals surface area contributed by atoms with Crippen LogP contribution in [0.2, 0.25) is 5.02 Å². The monoisotopic (exact) mass is 409 g/mol. The summed E-state index contributed by atoms with van der Waals surface area (Å²) in [7, 11) is -3.96. The average Bonchev–Trinajstić information content (AvgIpc) is 2.55. The van der Waals surface area contributed by atoms with Gasteiger partial charge in [-0.05, 0) is 60.2 Å². The number of carbonyl (C=O) groups excluding carboxylic acids is 1. The minimum absolute atomic E-state index is 0.0683. The number of nitrogens with two attached hydrogens (primary N) is 2. The van der Waals surface area contributed by atoms with Crippen molar-refractivity contribution in [2.75, 3.05) is 5.73 Å². The first kappa shape index (κ1) is 21.2. The number of hydrogen-bond acceptors (Lipinski definition) is 4. The first-order valence-electron chi connectivity index (χ1n) is 8.53. The molecule has 0 saturated heterocycles. The van der Waals surface area contributed by atoms with Gasteiger partial charge in [-0.2, -0.15) is 4.72 Å². The number of halogens is 1. The molecule has 0 heterocycles. The van der Waals surface area contributed by atoms with Gasteiger partial charge in [0.05, 0.1) is 4.90 Å². The lowest BCUT2D eigenvalue weighted by Crippen LogP contribution is -2.45. The minimum Gasteiger partial charge on any atom is -0.399 e. The van der Waals surface area contributed by atoms with Crippen molar-refractivity contribution in [1.29, 1.82) is 0 Å². The maximum Gasteiger partial charge on any atom is 0.241 e. The smallest absolute Gasteiger partial charge is 0.241 e. The van der Waals surface area contributed by atoms with Gasteiger partial charge in [0.15, 0.2) is 0 Å². The summed E-state index contributed by atoms with van der Waals surface area (Å²) in [6.07, 6.45) is 0.665. The number of primary amides is 1. The molecule has 0 bridgehead atoms. The van der Waals surface area contributed by atoms with Crippen LogP contribution in [0.15, 0.2) is 47.4 Å². The summed E-state index contributed by atoms with van der Waals surface area (Å²) in [4.78, 5) is 11.7. The van der Waals surface area contributed by atoms with Crippen LogP contribution in [0, 0.1) is 5.92 Å². The largest absolute Gasteiger partial charge is 0.399 e. The Hall–Kier alpha value is -2.09. The second-order valence-corrected chi connectivity index (χ2v) is 9.00. The number of nitrogens with one attached hydrogen (secondary N) is 1. The zero-order valence-corrected chi connectivity index (χ0v) is 16.8. The molecule has 0 spiro atoms. The van der Waals surface area contributed by atoms with Crippen molar-refractivity contribution in [2.24, 2.45) is 11.7 Å². The van der Waals surface area contributed by atoms with Crippen LogP contribution in [-0.4, -0.2) is 20.4 Å². The van der Waals surface area contributed by atoms with Gasteiger partial charge in [0.1, 0.15) is 6.04 Å². The van der Waals surface area contributed by atoms with Crippen LogP contribution in [0.25, 0.3) is 0 Å². The number of amides is 1. The minimum atomic E-state index is -3.96. The van der Waals surface area contributed by atoms with Crippen molar-refractivity contribution in [2.45, 2.75) is 37.6 Å². The number of hydrogen-bond donors (Lipinski definition) is 3. The van der Waals surface area contributed by atoms with Crippen molar-refractivity contribution in [3.8, 4) is 0 Å². The third-order valence-electron chi connectivity index (χ3n) is 4.03. The fourth-order valence-corrected chi connectivity index (χ4v) is 4.38. The molecular formula is C19H24ClN3O3S.